The van der Waals surface area contributed by atoms with Crippen LogP contribution in [-0.4, -0.2) is 39.2 Å². The van der Waals surface area contributed by atoms with Crippen molar-refractivity contribution in [3.8, 4) is 0 Å². The van der Waals surface area contributed by atoms with Gasteiger partial charge >= 0.3 is 5.97 Å². The lowest BCUT2D eigenvalue weighted by atomic mass is 9.91. The lowest BCUT2D eigenvalue weighted by Gasteiger charge is -2.32. The number of carboxylic acid groups (broad SMARTS) is 1. The molecule has 3 rings (SSSR count). The predicted molar refractivity (Wildman–Crippen MR) is 103 cm³/mol. The number of nitro groups is 1. The first-order valence-corrected chi connectivity index (χ1v) is 9.13. The van der Waals surface area contributed by atoms with Crippen LogP contribution in [0, 0.1) is 16.0 Å². The number of aliphatic carboxylic acids is 1. The highest BCUT2D eigenvalue weighted by Crippen LogP contribution is 2.33. The lowest BCUT2D eigenvalue weighted by molar-refractivity contribution is -0.384. The van der Waals surface area contributed by atoms with Gasteiger partial charge in [-0.15, -0.1) is 0 Å². The van der Waals surface area contributed by atoms with Gasteiger partial charge in [-0.25, -0.2) is 0 Å². The minimum absolute atomic E-state index is 0.0532. The molecule has 1 atom stereocenters. The van der Waals surface area contributed by atoms with Gasteiger partial charge in [-0.3, -0.25) is 29.5 Å². The second-order valence-corrected chi connectivity index (χ2v) is 6.78. The number of amides is 1. The van der Waals surface area contributed by atoms with Gasteiger partial charge in [0.1, 0.15) is 5.92 Å². The van der Waals surface area contributed by atoms with E-state index in [2.05, 4.69) is 4.98 Å². The molecular weight excluding hydrogens is 378 g/mol. The van der Waals surface area contributed by atoms with Gasteiger partial charge in [0.25, 0.3) is 5.69 Å². The van der Waals surface area contributed by atoms with Crippen molar-refractivity contribution < 1.29 is 24.4 Å². The molecule has 0 fully saturated rings. The Morgan fingerprint density at radius 3 is 2.72 bits per heavy atom. The predicted octanol–water partition coefficient (Wildman–Crippen LogP) is 2.63. The molecule has 1 N–H and O–H groups in total. The van der Waals surface area contributed by atoms with Gasteiger partial charge in [0.2, 0.25) is 5.91 Å². The van der Waals surface area contributed by atoms with E-state index in [0.717, 1.165) is 0 Å². The number of ketones is 1. The number of carbonyl (C=O) groups is 3. The third-order valence-electron chi connectivity index (χ3n) is 4.87. The molecule has 0 saturated carbocycles. The Balaban J connectivity index is 1.70. The van der Waals surface area contributed by atoms with Crippen LogP contribution >= 0.6 is 0 Å². The topological polar surface area (TPSA) is 131 Å². The maximum Gasteiger partial charge on any atom is 0.316 e. The fourth-order valence-corrected chi connectivity index (χ4v) is 3.38. The van der Waals surface area contributed by atoms with Crippen molar-refractivity contribution in [2.45, 2.75) is 25.7 Å². The van der Waals surface area contributed by atoms with Gasteiger partial charge in [0.05, 0.1) is 4.92 Å². The van der Waals surface area contributed by atoms with Crippen molar-refractivity contribution >= 4 is 29.0 Å². The standard InChI is InChI=1S/C20H19N3O6/c24-18(13-4-3-8-21-12-13)5-1-2-9-22-17-7-6-15(23(28)29)10-14(17)11-16(19(22)25)20(26)27/h3-4,6-8,10,12,16H,1-2,5,9,11H2,(H,26,27). The highest BCUT2D eigenvalue weighted by molar-refractivity contribution is 6.08. The van der Waals surface area contributed by atoms with Gasteiger partial charge in [-0.2, -0.15) is 0 Å². The number of nitrogens with zero attached hydrogens (tertiary/aromatic N) is 3. The van der Waals surface area contributed by atoms with Gasteiger partial charge in [-0.1, -0.05) is 0 Å². The number of rotatable bonds is 8. The van der Waals surface area contributed by atoms with E-state index in [1.54, 1.807) is 18.3 Å². The molecule has 2 heterocycles. The van der Waals surface area contributed by atoms with Crippen molar-refractivity contribution in [3.05, 3.63) is 64.0 Å². The molecule has 0 radical (unpaired) electrons. The van der Waals surface area contributed by atoms with Crippen LogP contribution in [0.5, 0.6) is 0 Å². The number of nitro benzene ring substituents is 1. The summed E-state index contributed by atoms with van der Waals surface area (Å²) in [6.07, 6.45) is 4.28. The number of aromatic nitrogens is 1. The second kappa shape index (κ2) is 8.59. The van der Waals surface area contributed by atoms with Crippen molar-refractivity contribution in [2.75, 3.05) is 11.4 Å². The fourth-order valence-electron chi connectivity index (χ4n) is 3.38. The Labute approximate surface area is 166 Å². The minimum atomic E-state index is -1.28. The molecule has 0 saturated heterocycles. The zero-order chi connectivity index (χ0) is 21.0. The highest BCUT2D eigenvalue weighted by Gasteiger charge is 2.37. The Hall–Kier alpha value is -3.62. The van der Waals surface area contributed by atoms with Gasteiger partial charge in [0, 0.05) is 48.7 Å². The Morgan fingerprint density at radius 2 is 2.07 bits per heavy atom. The molecule has 1 aliphatic heterocycles. The Kier molecular flexibility index (Phi) is 5.96. The molecule has 1 aromatic heterocycles. The second-order valence-electron chi connectivity index (χ2n) is 6.78. The van der Waals surface area contributed by atoms with Gasteiger partial charge < -0.3 is 10.0 Å². The Bertz CT molecular complexity index is 960. The summed E-state index contributed by atoms with van der Waals surface area (Å²) >= 11 is 0. The molecule has 9 heteroatoms. The Morgan fingerprint density at radius 1 is 1.28 bits per heavy atom. The molecule has 0 bridgehead atoms. The first-order valence-electron chi connectivity index (χ1n) is 9.13. The van der Waals surface area contributed by atoms with Crippen LogP contribution in [-0.2, 0) is 16.0 Å². The van der Waals surface area contributed by atoms with E-state index >= 15 is 0 Å². The number of non-ortho nitro benzene ring substituents is 1. The number of fused-ring (bicyclic) bond motifs is 1. The summed E-state index contributed by atoms with van der Waals surface area (Å²) in [5.74, 6) is -3.13. The first kappa shape index (κ1) is 20.1. The monoisotopic (exact) mass is 397 g/mol. The molecular formula is C20H19N3O6. The average molecular weight is 397 g/mol. The molecule has 150 valence electrons. The van der Waals surface area contributed by atoms with E-state index in [0.29, 0.717) is 29.7 Å². The third kappa shape index (κ3) is 4.45. The molecule has 0 spiro atoms. The summed E-state index contributed by atoms with van der Waals surface area (Å²) in [5, 5.41) is 20.4. The molecule has 9 nitrogen and oxygen atoms in total. The van der Waals surface area contributed by atoms with Crippen molar-refractivity contribution in [1.82, 2.24) is 4.98 Å². The quantitative estimate of drug-likeness (QED) is 0.238. The first-order chi connectivity index (χ1) is 13.9. The van der Waals surface area contributed by atoms with Gasteiger partial charge in [-0.05, 0) is 43.0 Å². The van der Waals surface area contributed by atoms with E-state index in [1.165, 1.54) is 29.3 Å². The van der Waals surface area contributed by atoms with Crippen LogP contribution in [0.1, 0.15) is 35.2 Å². The number of anilines is 1. The summed E-state index contributed by atoms with van der Waals surface area (Å²) in [4.78, 5) is 52.0. The maximum absolute atomic E-state index is 12.6. The summed E-state index contributed by atoms with van der Waals surface area (Å²) in [6.45, 7) is 0.230. The zero-order valence-electron chi connectivity index (χ0n) is 15.5. The van der Waals surface area contributed by atoms with Crippen LogP contribution in [0.25, 0.3) is 0 Å². The smallest absolute Gasteiger partial charge is 0.316 e. The zero-order valence-corrected chi connectivity index (χ0v) is 15.5. The molecule has 1 aliphatic rings. The third-order valence-corrected chi connectivity index (χ3v) is 4.87. The molecule has 0 aliphatic carbocycles. The van der Waals surface area contributed by atoms with E-state index in [9.17, 15) is 29.6 Å². The minimum Gasteiger partial charge on any atom is -0.481 e. The van der Waals surface area contributed by atoms with Crippen LogP contribution in [0.3, 0.4) is 0 Å². The summed E-state index contributed by atoms with van der Waals surface area (Å²) in [7, 11) is 0. The summed E-state index contributed by atoms with van der Waals surface area (Å²) in [6, 6.07) is 7.46. The molecule has 29 heavy (non-hydrogen) atoms. The van der Waals surface area contributed by atoms with Crippen LogP contribution in [0.15, 0.2) is 42.7 Å². The SMILES string of the molecule is O=C(CCCCN1C(=O)C(C(=O)O)Cc2cc([N+](=O)[O-])ccc21)c1cccnc1. The van der Waals surface area contributed by atoms with Crippen molar-refractivity contribution in [2.24, 2.45) is 5.92 Å². The van der Waals surface area contributed by atoms with Crippen LogP contribution in [0.4, 0.5) is 11.4 Å². The number of benzene rings is 1. The van der Waals surface area contributed by atoms with Crippen LogP contribution in [0.2, 0.25) is 0 Å². The van der Waals surface area contributed by atoms with Gasteiger partial charge in [0.15, 0.2) is 5.78 Å². The van der Waals surface area contributed by atoms with E-state index < -0.39 is 22.7 Å². The summed E-state index contributed by atoms with van der Waals surface area (Å²) in [5.41, 5.74) is 1.31. The number of carbonyl (C=O) groups excluding carboxylic acids is 2. The van der Waals surface area contributed by atoms with E-state index in [-0.39, 0.29) is 30.9 Å². The molecule has 1 aromatic carbocycles. The van der Waals surface area contributed by atoms with Crippen LogP contribution < -0.4 is 4.90 Å². The molecule has 1 amide bonds. The van der Waals surface area contributed by atoms with E-state index in [1.807, 2.05) is 0 Å². The number of Topliss-reactive ketones (excluding diaryl/α,β-unsaturated/α-hetero) is 1. The van der Waals surface area contributed by atoms with Crippen molar-refractivity contribution in [1.29, 1.82) is 0 Å². The number of hydrogen-bond acceptors (Lipinski definition) is 6. The highest BCUT2D eigenvalue weighted by atomic mass is 16.6. The number of pyridine rings is 1. The number of hydrogen-bond donors (Lipinski definition) is 1. The fraction of sp³-hybridized carbons (Fsp3) is 0.300. The average Bonchev–Trinajstić information content (AvgIpc) is 2.71. The summed E-state index contributed by atoms with van der Waals surface area (Å²) < 4.78 is 0. The largest absolute Gasteiger partial charge is 0.481 e. The van der Waals surface area contributed by atoms with Crippen molar-refractivity contribution in [3.63, 3.8) is 0 Å². The number of carboxylic acids is 1. The van der Waals surface area contributed by atoms with E-state index in [4.69, 9.17) is 0 Å². The molecule has 2 aromatic rings. The lowest BCUT2D eigenvalue weighted by Crippen LogP contribution is -2.45. The normalized spacial score (nSPS) is 15.7. The number of unbranched alkanes of at least 4 members (excludes halogenated alkanes) is 1. The maximum atomic E-state index is 12.6. The molecule has 1 unspecified atom stereocenters.